The molecule has 2 aromatic carbocycles. The number of benzene rings is 2. The number of nitrogens with zero attached hydrogens (tertiary/aromatic N) is 1. The molecule has 1 aliphatic heterocycles. The van der Waals surface area contributed by atoms with Gasteiger partial charge >= 0.3 is 6.36 Å². The normalized spacial score (nSPS) is 18.1. The Morgan fingerprint density at radius 1 is 1.07 bits per heavy atom. The van der Waals surface area contributed by atoms with E-state index in [1.807, 2.05) is 0 Å². The Balaban J connectivity index is 1.82. The highest BCUT2D eigenvalue weighted by Gasteiger charge is 2.43. The Kier molecular flexibility index (Phi) is 5.07. The minimum Gasteiger partial charge on any atom is -0.491 e. The third kappa shape index (κ3) is 3.94. The highest BCUT2D eigenvalue weighted by Crippen LogP contribution is 2.41. The fourth-order valence-corrected chi connectivity index (χ4v) is 3.55. The van der Waals surface area contributed by atoms with E-state index in [-0.39, 0.29) is 24.7 Å². The molecule has 2 heterocycles. The summed E-state index contributed by atoms with van der Waals surface area (Å²) in [5.41, 5.74) is 0.0669. The number of nitrogens with one attached hydrogen (secondary N) is 1. The number of carbonyl (C=O) groups is 1. The van der Waals surface area contributed by atoms with Crippen LogP contribution in [-0.2, 0) is 5.54 Å². The number of hydrogen-bond donors (Lipinski definition) is 1. The van der Waals surface area contributed by atoms with E-state index in [0.717, 1.165) is 0 Å². The van der Waals surface area contributed by atoms with Crippen molar-refractivity contribution in [1.82, 2.24) is 10.3 Å². The Morgan fingerprint density at radius 3 is 2.63 bits per heavy atom. The van der Waals surface area contributed by atoms with E-state index in [0.29, 0.717) is 22.6 Å². The molecule has 1 atom stereocenters. The van der Waals surface area contributed by atoms with Crippen molar-refractivity contribution in [3.05, 3.63) is 89.7 Å². The molecule has 0 fully saturated rings. The van der Waals surface area contributed by atoms with E-state index < -0.39 is 11.9 Å². The number of alkyl halides is 3. The molecule has 5 nitrogen and oxygen atoms in total. The average molecular weight is 414 g/mol. The van der Waals surface area contributed by atoms with Gasteiger partial charge in [-0.3, -0.25) is 9.78 Å². The van der Waals surface area contributed by atoms with Crippen molar-refractivity contribution in [3.63, 3.8) is 0 Å². The van der Waals surface area contributed by atoms with E-state index in [1.165, 1.54) is 18.2 Å². The van der Waals surface area contributed by atoms with Crippen LogP contribution in [0.3, 0.4) is 0 Å². The van der Waals surface area contributed by atoms with Crippen LogP contribution in [0.2, 0.25) is 0 Å². The Bertz CT molecular complexity index is 1060. The molecular weight excluding hydrogens is 397 g/mol. The summed E-state index contributed by atoms with van der Waals surface area (Å²) in [4.78, 5) is 17.4. The van der Waals surface area contributed by atoms with Crippen molar-refractivity contribution in [3.8, 4) is 11.5 Å². The van der Waals surface area contributed by atoms with Gasteiger partial charge in [0.15, 0.2) is 0 Å². The molecular formula is C22H17F3N2O3. The maximum absolute atomic E-state index is 13.0. The molecule has 1 N–H and O–H groups in total. The van der Waals surface area contributed by atoms with E-state index in [1.54, 1.807) is 54.7 Å². The summed E-state index contributed by atoms with van der Waals surface area (Å²) in [5, 5.41) is 2.99. The van der Waals surface area contributed by atoms with Gasteiger partial charge in [0.05, 0.1) is 6.61 Å². The molecule has 154 valence electrons. The van der Waals surface area contributed by atoms with Crippen molar-refractivity contribution >= 4 is 5.91 Å². The molecule has 8 heteroatoms. The molecule has 0 saturated heterocycles. The van der Waals surface area contributed by atoms with Gasteiger partial charge in [-0.1, -0.05) is 30.3 Å². The largest absolute Gasteiger partial charge is 0.573 e. The van der Waals surface area contributed by atoms with Crippen molar-refractivity contribution in [2.24, 2.45) is 0 Å². The Hall–Kier alpha value is -3.55. The molecule has 1 aliphatic rings. The van der Waals surface area contributed by atoms with Gasteiger partial charge in [0.1, 0.15) is 22.7 Å². The number of carbonyl (C=O) groups excluding carboxylic acids is 1. The summed E-state index contributed by atoms with van der Waals surface area (Å²) in [7, 11) is 0. The lowest BCUT2D eigenvalue weighted by atomic mass is 9.81. The maximum Gasteiger partial charge on any atom is 0.573 e. The topological polar surface area (TPSA) is 60.5 Å². The third-order valence-electron chi connectivity index (χ3n) is 4.83. The smallest absolute Gasteiger partial charge is 0.491 e. The second-order valence-corrected chi connectivity index (χ2v) is 6.75. The van der Waals surface area contributed by atoms with Gasteiger partial charge in [-0.15, -0.1) is 13.2 Å². The van der Waals surface area contributed by atoms with Crippen LogP contribution in [0.15, 0.2) is 72.9 Å². The lowest BCUT2D eigenvalue weighted by molar-refractivity contribution is -0.274. The first kappa shape index (κ1) is 19.8. The molecule has 0 aliphatic carbocycles. The van der Waals surface area contributed by atoms with Gasteiger partial charge in [0.25, 0.3) is 5.91 Å². The quantitative estimate of drug-likeness (QED) is 0.686. The first-order chi connectivity index (χ1) is 14.4. The Morgan fingerprint density at radius 2 is 1.87 bits per heavy atom. The Labute approximate surface area is 170 Å². The monoisotopic (exact) mass is 414 g/mol. The van der Waals surface area contributed by atoms with Gasteiger partial charge in [0, 0.05) is 18.2 Å². The lowest BCUT2D eigenvalue weighted by Gasteiger charge is -2.39. The van der Waals surface area contributed by atoms with Gasteiger partial charge < -0.3 is 14.8 Å². The molecule has 0 spiro atoms. The summed E-state index contributed by atoms with van der Waals surface area (Å²) in [5.74, 6) is -0.298. The zero-order chi connectivity index (χ0) is 21.2. The van der Waals surface area contributed by atoms with Crippen LogP contribution < -0.4 is 14.8 Å². The van der Waals surface area contributed by atoms with Crippen LogP contribution in [0.25, 0.3) is 0 Å². The molecule has 1 aromatic heterocycles. The van der Waals surface area contributed by atoms with Crippen LogP contribution in [-0.4, -0.2) is 23.9 Å². The number of hydrogen-bond acceptors (Lipinski definition) is 4. The van der Waals surface area contributed by atoms with Crippen molar-refractivity contribution < 1.29 is 27.4 Å². The summed E-state index contributed by atoms with van der Waals surface area (Å²) < 4.78 is 48.0. The number of aromatic nitrogens is 1. The third-order valence-corrected chi connectivity index (χ3v) is 4.83. The minimum atomic E-state index is -4.83. The first-order valence-corrected chi connectivity index (χ1v) is 9.19. The first-order valence-electron chi connectivity index (χ1n) is 9.19. The van der Waals surface area contributed by atoms with Crippen LogP contribution in [0, 0.1) is 0 Å². The molecule has 0 bridgehead atoms. The average Bonchev–Trinajstić information content (AvgIpc) is 2.73. The molecule has 1 amide bonds. The minimum absolute atomic E-state index is 0.248. The maximum atomic E-state index is 13.0. The lowest BCUT2D eigenvalue weighted by Crippen LogP contribution is -2.50. The highest BCUT2D eigenvalue weighted by molar-refractivity contribution is 5.95. The second kappa shape index (κ2) is 7.70. The number of fused-ring (bicyclic) bond motifs is 1. The van der Waals surface area contributed by atoms with E-state index in [2.05, 4.69) is 15.0 Å². The number of pyridine rings is 1. The van der Waals surface area contributed by atoms with Gasteiger partial charge in [-0.25, -0.2) is 0 Å². The van der Waals surface area contributed by atoms with Crippen LogP contribution in [0.1, 0.15) is 28.0 Å². The number of halogens is 3. The standard InChI is InChI=1S/C22H17F3N2O3/c23-22(24,25)30-17-9-4-8-16(14-17)21(27-20(28)15-6-2-1-3-7-15)11-13-29-18-10-5-12-26-19(18)21/h1-10,12,14H,11,13H2,(H,27,28). The fourth-order valence-electron chi connectivity index (χ4n) is 3.55. The van der Waals surface area contributed by atoms with Gasteiger partial charge in [-0.05, 0) is 42.0 Å². The highest BCUT2D eigenvalue weighted by atomic mass is 19.4. The molecule has 0 saturated carbocycles. The SMILES string of the molecule is O=C(NC1(c2cccc(OC(F)(F)F)c2)CCOc2cccnc21)c1ccccc1. The number of amides is 1. The van der Waals surface area contributed by atoms with Crippen LogP contribution in [0.4, 0.5) is 13.2 Å². The molecule has 3 aromatic rings. The second-order valence-electron chi connectivity index (χ2n) is 6.75. The molecule has 1 unspecified atom stereocenters. The van der Waals surface area contributed by atoms with E-state index >= 15 is 0 Å². The van der Waals surface area contributed by atoms with Gasteiger partial charge in [0.2, 0.25) is 0 Å². The summed E-state index contributed by atoms with van der Waals surface area (Å²) in [6.07, 6.45) is -3.00. The zero-order valence-corrected chi connectivity index (χ0v) is 15.6. The number of ether oxygens (including phenoxy) is 2. The van der Waals surface area contributed by atoms with Crippen LogP contribution >= 0.6 is 0 Å². The van der Waals surface area contributed by atoms with Crippen LogP contribution in [0.5, 0.6) is 11.5 Å². The number of rotatable bonds is 4. The summed E-state index contributed by atoms with van der Waals surface area (Å²) in [6, 6.07) is 17.5. The summed E-state index contributed by atoms with van der Waals surface area (Å²) >= 11 is 0. The predicted octanol–water partition coefficient (Wildman–Crippen LogP) is 4.44. The van der Waals surface area contributed by atoms with Gasteiger partial charge in [-0.2, -0.15) is 0 Å². The zero-order valence-electron chi connectivity index (χ0n) is 15.6. The molecule has 0 radical (unpaired) electrons. The van der Waals surface area contributed by atoms with Crippen molar-refractivity contribution in [2.75, 3.05) is 6.61 Å². The van der Waals surface area contributed by atoms with Crippen molar-refractivity contribution in [2.45, 2.75) is 18.3 Å². The predicted molar refractivity (Wildman–Crippen MR) is 102 cm³/mol. The summed E-state index contributed by atoms with van der Waals surface area (Å²) in [6.45, 7) is 0.248. The van der Waals surface area contributed by atoms with Crippen molar-refractivity contribution in [1.29, 1.82) is 0 Å². The molecule has 4 rings (SSSR count). The van der Waals surface area contributed by atoms with E-state index in [9.17, 15) is 18.0 Å². The fraction of sp³-hybridized carbons (Fsp3) is 0.182. The van der Waals surface area contributed by atoms with E-state index in [4.69, 9.17) is 4.74 Å². The molecule has 30 heavy (non-hydrogen) atoms.